The molecule has 0 radical (unpaired) electrons. The number of rotatable bonds is 6. The van der Waals surface area contributed by atoms with Crippen molar-refractivity contribution in [2.24, 2.45) is 0 Å². The van der Waals surface area contributed by atoms with E-state index in [1.165, 1.54) is 11.1 Å². The molecule has 0 spiro atoms. The van der Waals surface area contributed by atoms with Crippen LogP contribution in [0.25, 0.3) is 0 Å². The van der Waals surface area contributed by atoms with Gasteiger partial charge in [-0.2, -0.15) is 0 Å². The van der Waals surface area contributed by atoms with Crippen molar-refractivity contribution in [2.75, 3.05) is 26.2 Å². The minimum atomic E-state index is 0.0184. The van der Waals surface area contributed by atoms with Crippen molar-refractivity contribution in [3.8, 4) is 5.75 Å². The first-order valence-corrected chi connectivity index (χ1v) is 10.7. The third-order valence-electron chi connectivity index (χ3n) is 5.99. The van der Waals surface area contributed by atoms with Gasteiger partial charge in [0.15, 0.2) is 0 Å². The summed E-state index contributed by atoms with van der Waals surface area (Å²) in [5.41, 5.74) is 4.99. The molecule has 6 nitrogen and oxygen atoms in total. The molecule has 162 valence electrons. The first-order valence-electron chi connectivity index (χ1n) is 10.7. The van der Waals surface area contributed by atoms with Gasteiger partial charge in [0.25, 0.3) is 5.91 Å². The van der Waals surface area contributed by atoms with Crippen molar-refractivity contribution in [1.82, 2.24) is 15.0 Å². The van der Waals surface area contributed by atoms with Crippen molar-refractivity contribution < 1.29 is 14.1 Å². The first-order chi connectivity index (χ1) is 15.0. The van der Waals surface area contributed by atoms with Crippen LogP contribution in [-0.4, -0.2) is 47.0 Å². The lowest BCUT2D eigenvalue weighted by atomic mass is 10.1. The molecule has 1 fully saturated rings. The Morgan fingerprint density at radius 3 is 2.42 bits per heavy atom. The highest BCUT2D eigenvalue weighted by Gasteiger charge is 2.24. The molecule has 6 heteroatoms. The van der Waals surface area contributed by atoms with Crippen molar-refractivity contribution in [1.29, 1.82) is 0 Å². The Hall–Kier alpha value is -3.12. The van der Waals surface area contributed by atoms with Gasteiger partial charge >= 0.3 is 0 Å². The van der Waals surface area contributed by atoms with E-state index in [1.54, 1.807) is 0 Å². The Kier molecular flexibility index (Phi) is 6.37. The fourth-order valence-electron chi connectivity index (χ4n) is 3.93. The number of carbonyl (C=O) groups excluding carboxylic acids is 1. The number of ether oxygens (including phenoxy) is 1. The highest BCUT2D eigenvalue weighted by molar-refractivity contribution is 5.97. The maximum absolute atomic E-state index is 13.2. The van der Waals surface area contributed by atoms with Crippen LogP contribution >= 0.6 is 0 Å². The van der Waals surface area contributed by atoms with Gasteiger partial charge in [0.05, 0.1) is 16.8 Å². The summed E-state index contributed by atoms with van der Waals surface area (Å²) in [6.45, 7) is 10.3. The largest absolute Gasteiger partial charge is 0.488 e. The summed E-state index contributed by atoms with van der Waals surface area (Å²) >= 11 is 0. The van der Waals surface area contributed by atoms with Crippen molar-refractivity contribution in [3.05, 3.63) is 82.2 Å². The molecular weight excluding hydrogens is 390 g/mol. The van der Waals surface area contributed by atoms with Crippen LogP contribution in [-0.2, 0) is 13.2 Å². The zero-order chi connectivity index (χ0) is 21.8. The second-order valence-electron chi connectivity index (χ2n) is 8.08. The van der Waals surface area contributed by atoms with Gasteiger partial charge in [-0.25, -0.2) is 0 Å². The van der Waals surface area contributed by atoms with Gasteiger partial charge in [-0.1, -0.05) is 41.6 Å². The van der Waals surface area contributed by atoms with E-state index < -0.39 is 0 Å². The number of aromatic nitrogens is 1. The standard InChI is InChI=1S/C25H29N3O3/c1-18-8-4-5-9-21(18)16-27-12-14-28(15-13-27)25(29)22-10-6-7-11-24(22)30-17-23-19(2)26-31-20(23)3/h4-11H,12-17H2,1-3H3. The first kappa shape index (κ1) is 21.1. The molecule has 0 atom stereocenters. The number of nitrogens with zero attached hydrogens (tertiary/aromatic N) is 3. The van der Waals surface area contributed by atoms with Crippen molar-refractivity contribution >= 4 is 5.91 Å². The predicted octanol–water partition coefficient (Wildman–Crippen LogP) is 4.14. The highest BCUT2D eigenvalue weighted by atomic mass is 16.5. The fraction of sp³-hybridized carbons (Fsp3) is 0.360. The molecule has 1 aliphatic heterocycles. The number of hydrogen-bond acceptors (Lipinski definition) is 5. The Morgan fingerprint density at radius 1 is 1.00 bits per heavy atom. The maximum Gasteiger partial charge on any atom is 0.257 e. The average molecular weight is 420 g/mol. The number of carbonyl (C=O) groups is 1. The molecule has 1 aromatic heterocycles. The highest BCUT2D eigenvalue weighted by Crippen LogP contribution is 2.24. The van der Waals surface area contributed by atoms with E-state index in [0.717, 1.165) is 36.7 Å². The van der Waals surface area contributed by atoms with Gasteiger partial charge in [0, 0.05) is 32.7 Å². The molecule has 0 bridgehead atoms. The number of piperazine rings is 1. The van der Waals surface area contributed by atoms with Crippen LogP contribution in [0, 0.1) is 20.8 Å². The normalized spacial score (nSPS) is 14.6. The molecule has 3 aromatic rings. The Bertz CT molecular complexity index is 1030. The van der Waals surface area contributed by atoms with Crippen LogP contribution in [0.15, 0.2) is 53.1 Å². The summed E-state index contributed by atoms with van der Waals surface area (Å²) in [5, 5.41) is 3.97. The minimum absolute atomic E-state index is 0.0184. The summed E-state index contributed by atoms with van der Waals surface area (Å²) in [6, 6.07) is 15.9. The van der Waals surface area contributed by atoms with E-state index in [4.69, 9.17) is 9.26 Å². The monoisotopic (exact) mass is 419 g/mol. The number of amides is 1. The number of para-hydroxylation sites is 1. The molecule has 1 aliphatic rings. The van der Waals surface area contributed by atoms with Crippen LogP contribution in [0.4, 0.5) is 0 Å². The summed E-state index contributed by atoms with van der Waals surface area (Å²) < 4.78 is 11.2. The minimum Gasteiger partial charge on any atom is -0.488 e. The maximum atomic E-state index is 13.2. The van der Waals surface area contributed by atoms with Crippen molar-refractivity contribution in [3.63, 3.8) is 0 Å². The van der Waals surface area contributed by atoms with E-state index in [1.807, 2.05) is 43.0 Å². The molecule has 0 N–H and O–H groups in total. The molecule has 31 heavy (non-hydrogen) atoms. The second-order valence-corrected chi connectivity index (χ2v) is 8.08. The molecule has 2 aromatic carbocycles. The van der Waals surface area contributed by atoms with E-state index in [9.17, 15) is 4.79 Å². The zero-order valence-corrected chi connectivity index (χ0v) is 18.4. The van der Waals surface area contributed by atoms with Crippen LogP contribution in [0.1, 0.15) is 38.5 Å². The third-order valence-corrected chi connectivity index (χ3v) is 5.99. The smallest absolute Gasteiger partial charge is 0.257 e. The predicted molar refractivity (Wildman–Crippen MR) is 119 cm³/mol. The second kappa shape index (κ2) is 9.35. The van der Waals surface area contributed by atoms with Crippen molar-refractivity contribution in [2.45, 2.75) is 33.9 Å². The number of benzene rings is 2. The SMILES string of the molecule is Cc1ccccc1CN1CCN(C(=O)c2ccccc2OCc2c(C)noc2C)CC1. The van der Waals surface area contributed by atoms with E-state index in [-0.39, 0.29) is 5.91 Å². The molecule has 0 saturated carbocycles. The molecule has 0 unspecified atom stereocenters. The van der Waals surface area contributed by atoms with Gasteiger partial charge in [-0.15, -0.1) is 0 Å². The van der Waals surface area contributed by atoms with Gasteiger partial charge in [0.1, 0.15) is 18.1 Å². The molecule has 1 amide bonds. The lowest BCUT2D eigenvalue weighted by Crippen LogP contribution is -2.48. The molecule has 1 saturated heterocycles. The molecule has 4 rings (SSSR count). The van der Waals surface area contributed by atoms with Gasteiger partial charge in [-0.3, -0.25) is 9.69 Å². The summed E-state index contributed by atoms with van der Waals surface area (Å²) in [5.74, 6) is 1.35. The van der Waals surface area contributed by atoms with Gasteiger partial charge < -0.3 is 14.2 Å². The van der Waals surface area contributed by atoms with E-state index in [2.05, 4.69) is 41.2 Å². The van der Waals surface area contributed by atoms with E-state index in [0.29, 0.717) is 31.0 Å². The van der Waals surface area contributed by atoms with Gasteiger partial charge in [-0.05, 0) is 44.0 Å². The van der Waals surface area contributed by atoms with E-state index >= 15 is 0 Å². The zero-order valence-electron chi connectivity index (χ0n) is 18.4. The molecule has 0 aliphatic carbocycles. The summed E-state index contributed by atoms with van der Waals surface area (Å²) in [7, 11) is 0. The number of aryl methyl sites for hydroxylation is 3. The Labute approximate surface area is 183 Å². The molecule has 2 heterocycles. The van der Waals surface area contributed by atoms with Crippen LogP contribution in [0.2, 0.25) is 0 Å². The quantitative estimate of drug-likeness (QED) is 0.601. The molecular formula is C25H29N3O3. The Morgan fingerprint density at radius 2 is 1.71 bits per heavy atom. The Balaban J connectivity index is 1.38. The van der Waals surface area contributed by atoms with Gasteiger partial charge in [0.2, 0.25) is 0 Å². The topological polar surface area (TPSA) is 58.8 Å². The lowest BCUT2D eigenvalue weighted by molar-refractivity contribution is 0.0623. The third kappa shape index (κ3) is 4.80. The van der Waals surface area contributed by atoms with Crippen LogP contribution in [0.5, 0.6) is 5.75 Å². The summed E-state index contributed by atoms with van der Waals surface area (Å²) in [4.78, 5) is 17.6. The van der Waals surface area contributed by atoms with Crippen LogP contribution < -0.4 is 4.74 Å². The summed E-state index contributed by atoms with van der Waals surface area (Å²) in [6.07, 6.45) is 0. The lowest BCUT2D eigenvalue weighted by Gasteiger charge is -2.35. The fourth-order valence-corrected chi connectivity index (χ4v) is 3.93. The number of hydrogen-bond donors (Lipinski definition) is 0. The van der Waals surface area contributed by atoms with Crippen LogP contribution in [0.3, 0.4) is 0 Å². The average Bonchev–Trinajstić information content (AvgIpc) is 3.11.